The normalized spacial score (nSPS) is 14.4. The van der Waals surface area contributed by atoms with Gasteiger partial charge in [0.2, 0.25) is 0 Å². The number of amides is 1. The molecule has 0 unspecified atom stereocenters. The van der Waals surface area contributed by atoms with Crippen molar-refractivity contribution in [2.24, 2.45) is 0 Å². The summed E-state index contributed by atoms with van der Waals surface area (Å²) in [4.78, 5) is 20.3. The van der Waals surface area contributed by atoms with Gasteiger partial charge in [0.1, 0.15) is 0 Å². The summed E-state index contributed by atoms with van der Waals surface area (Å²) in [6, 6.07) is 3.35. The predicted octanol–water partition coefficient (Wildman–Crippen LogP) is 2.25. The largest absolute Gasteiger partial charge is 0.397 e. The molecule has 3 rings (SSSR count). The van der Waals surface area contributed by atoms with Gasteiger partial charge in [0.25, 0.3) is 5.91 Å². The second-order valence-corrected chi connectivity index (χ2v) is 5.11. The molecule has 5 nitrogen and oxygen atoms in total. The molecule has 0 saturated heterocycles. The number of nitrogens with two attached hydrogens (primary N) is 1. The molecule has 2 aromatic rings. The van der Waals surface area contributed by atoms with Crippen LogP contribution in [0.15, 0.2) is 23.7 Å². The van der Waals surface area contributed by atoms with E-state index in [1.54, 1.807) is 18.3 Å². The first-order chi connectivity index (χ1) is 8.74. The first kappa shape index (κ1) is 11.2. The van der Waals surface area contributed by atoms with E-state index in [2.05, 4.69) is 15.3 Å². The highest BCUT2D eigenvalue weighted by molar-refractivity contribution is 7.14. The van der Waals surface area contributed by atoms with Gasteiger partial charge in [0.05, 0.1) is 11.4 Å². The molecule has 0 aliphatic heterocycles. The van der Waals surface area contributed by atoms with Crippen molar-refractivity contribution in [2.75, 3.05) is 11.1 Å². The third-order valence-corrected chi connectivity index (χ3v) is 3.57. The minimum atomic E-state index is -0.315. The Hall–Kier alpha value is -1.95. The van der Waals surface area contributed by atoms with Gasteiger partial charge < -0.3 is 5.73 Å². The maximum absolute atomic E-state index is 11.9. The predicted molar refractivity (Wildman–Crippen MR) is 70.7 cm³/mol. The van der Waals surface area contributed by atoms with Crippen molar-refractivity contribution in [1.29, 1.82) is 0 Å². The zero-order chi connectivity index (χ0) is 12.5. The van der Waals surface area contributed by atoms with Crippen LogP contribution in [-0.2, 0) is 0 Å². The molecule has 92 valence electrons. The zero-order valence-electron chi connectivity index (χ0n) is 9.59. The number of pyridine rings is 1. The lowest BCUT2D eigenvalue weighted by atomic mass is 10.3. The van der Waals surface area contributed by atoms with Crippen LogP contribution in [0.2, 0.25) is 0 Å². The van der Waals surface area contributed by atoms with Crippen LogP contribution in [0.1, 0.15) is 34.9 Å². The van der Waals surface area contributed by atoms with Crippen molar-refractivity contribution in [3.8, 4) is 0 Å². The van der Waals surface area contributed by atoms with Gasteiger partial charge in [0, 0.05) is 17.5 Å². The zero-order valence-corrected chi connectivity index (χ0v) is 10.4. The van der Waals surface area contributed by atoms with Gasteiger partial charge in [-0.1, -0.05) is 0 Å². The molecule has 2 aromatic heterocycles. The van der Waals surface area contributed by atoms with Crippen molar-refractivity contribution in [1.82, 2.24) is 9.97 Å². The third-order valence-electron chi connectivity index (χ3n) is 2.79. The van der Waals surface area contributed by atoms with Crippen molar-refractivity contribution in [3.63, 3.8) is 0 Å². The monoisotopic (exact) mass is 260 g/mol. The number of carbonyl (C=O) groups excluding carboxylic acids is 1. The Morgan fingerprint density at radius 1 is 1.50 bits per heavy atom. The summed E-state index contributed by atoms with van der Waals surface area (Å²) in [5, 5.41) is 5.33. The third kappa shape index (κ3) is 2.19. The number of anilines is 2. The van der Waals surface area contributed by atoms with Crippen molar-refractivity contribution < 1.29 is 4.79 Å². The molecule has 1 aliphatic rings. The van der Waals surface area contributed by atoms with E-state index < -0.39 is 0 Å². The summed E-state index contributed by atoms with van der Waals surface area (Å²) in [5.41, 5.74) is 7.38. The smallest absolute Gasteiger partial charge is 0.278 e. The molecule has 0 atom stereocenters. The lowest BCUT2D eigenvalue weighted by molar-refractivity contribution is 0.102. The van der Waals surface area contributed by atoms with Gasteiger partial charge in [-0.3, -0.25) is 10.1 Å². The molecular formula is C12H12N4OS. The van der Waals surface area contributed by atoms with Crippen LogP contribution in [0.3, 0.4) is 0 Å². The molecule has 0 aromatic carbocycles. The highest BCUT2D eigenvalue weighted by Crippen LogP contribution is 2.40. The Morgan fingerprint density at radius 2 is 2.33 bits per heavy atom. The summed E-state index contributed by atoms with van der Waals surface area (Å²) in [6.45, 7) is 0. The van der Waals surface area contributed by atoms with Crippen LogP contribution < -0.4 is 11.1 Å². The van der Waals surface area contributed by atoms with E-state index in [1.165, 1.54) is 24.2 Å². The minimum absolute atomic E-state index is 0.237. The standard InChI is InChI=1S/C12H12N4OS/c13-8-2-1-5-14-10(8)11(17)16-12-15-9(6-18-12)7-3-4-7/h1-2,5-7H,3-4,13H2,(H,15,16,17). The van der Waals surface area contributed by atoms with Crippen LogP contribution in [-0.4, -0.2) is 15.9 Å². The Labute approximate surface area is 108 Å². The molecule has 1 aliphatic carbocycles. The molecule has 6 heteroatoms. The van der Waals surface area contributed by atoms with E-state index in [1.807, 2.05) is 5.38 Å². The first-order valence-corrected chi connectivity index (χ1v) is 6.59. The maximum Gasteiger partial charge on any atom is 0.278 e. The molecule has 18 heavy (non-hydrogen) atoms. The number of carbonyl (C=O) groups is 1. The van der Waals surface area contributed by atoms with Crippen LogP contribution in [0.5, 0.6) is 0 Å². The van der Waals surface area contributed by atoms with E-state index in [0.717, 1.165) is 5.69 Å². The number of aromatic nitrogens is 2. The van der Waals surface area contributed by atoms with Crippen LogP contribution >= 0.6 is 11.3 Å². The fourth-order valence-corrected chi connectivity index (χ4v) is 2.46. The maximum atomic E-state index is 11.9. The Bertz CT molecular complexity index is 591. The van der Waals surface area contributed by atoms with Gasteiger partial charge in [0.15, 0.2) is 10.8 Å². The topological polar surface area (TPSA) is 80.9 Å². The van der Waals surface area contributed by atoms with Crippen LogP contribution in [0, 0.1) is 0 Å². The quantitative estimate of drug-likeness (QED) is 0.886. The summed E-state index contributed by atoms with van der Waals surface area (Å²) in [7, 11) is 0. The second-order valence-electron chi connectivity index (χ2n) is 4.25. The fraction of sp³-hybridized carbons (Fsp3) is 0.250. The second kappa shape index (κ2) is 4.38. The first-order valence-electron chi connectivity index (χ1n) is 5.71. The molecular weight excluding hydrogens is 248 g/mol. The molecule has 3 N–H and O–H groups in total. The van der Waals surface area contributed by atoms with E-state index in [4.69, 9.17) is 5.73 Å². The van der Waals surface area contributed by atoms with Gasteiger partial charge in [-0.15, -0.1) is 11.3 Å². The summed E-state index contributed by atoms with van der Waals surface area (Å²) in [6.07, 6.45) is 3.94. The van der Waals surface area contributed by atoms with E-state index >= 15 is 0 Å². The number of hydrogen-bond acceptors (Lipinski definition) is 5. The molecule has 0 spiro atoms. The summed E-state index contributed by atoms with van der Waals surface area (Å²) >= 11 is 1.44. The average molecular weight is 260 g/mol. The van der Waals surface area contributed by atoms with Gasteiger partial charge in [-0.2, -0.15) is 0 Å². The number of hydrogen-bond donors (Lipinski definition) is 2. The number of nitrogens with zero attached hydrogens (tertiary/aromatic N) is 2. The molecule has 2 heterocycles. The molecule has 1 fully saturated rings. The van der Waals surface area contributed by atoms with Gasteiger partial charge in [-0.05, 0) is 25.0 Å². The van der Waals surface area contributed by atoms with Crippen molar-refractivity contribution in [2.45, 2.75) is 18.8 Å². The molecule has 1 amide bonds. The SMILES string of the molecule is Nc1cccnc1C(=O)Nc1nc(C2CC2)cs1. The number of rotatable bonds is 3. The number of thiazole rings is 1. The van der Waals surface area contributed by atoms with E-state index in [-0.39, 0.29) is 11.6 Å². The van der Waals surface area contributed by atoms with Crippen molar-refractivity contribution >= 4 is 28.1 Å². The van der Waals surface area contributed by atoms with Gasteiger partial charge >= 0.3 is 0 Å². The number of nitrogen functional groups attached to an aromatic ring is 1. The minimum Gasteiger partial charge on any atom is -0.397 e. The molecule has 0 radical (unpaired) electrons. The van der Waals surface area contributed by atoms with Crippen LogP contribution in [0.25, 0.3) is 0 Å². The Balaban J connectivity index is 1.75. The fourth-order valence-electron chi connectivity index (χ4n) is 1.67. The summed E-state index contributed by atoms with van der Waals surface area (Å²) in [5.74, 6) is 0.275. The highest BCUT2D eigenvalue weighted by atomic mass is 32.1. The van der Waals surface area contributed by atoms with Crippen LogP contribution in [0.4, 0.5) is 10.8 Å². The van der Waals surface area contributed by atoms with Crippen molar-refractivity contribution in [3.05, 3.63) is 35.1 Å². The van der Waals surface area contributed by atoms with Gasteiger partial charge in [-0.25, -0.2) is 9.97 Å². The Kier molecular flexibility index (Phi) is 2.71. The van der Waals surface area contributed by atoms with E-state index in [0.29, 0.717) is 16.7 Å². The average Bonchev–Trinajstić information content (AvgIpc) is 3.11. The number of nitrogens with one attached hydrogen (secondary N) is 1. The summed E-state index contributed by atoms with van der Waals surface area (Å²) < 4.78 is 0. The highest BCUT2D eigenvalue weighted by Gasteiger charge is 2.26. The molecule has 1 saturated carbocycles. The van der Waals surface area contributed by atoms with E-state index in [9.17, 15) is 4.79 Å². The lowest BCUT2D eigenvalue weighted by Gasteiger charge is -2.03. The molecule has 0 bridgehead atoms. The Morgan fingerprint density at radius 3 is 3.06 bits per heavy atom. The lowest BCUT2D eigenvalue weighted by Crippen LogP contribution is -2.15.